The van der Waals surface area contributed by atoms with E-state index in [1.165, 1.54) is 17.4 Å². The smallest absolute Gasteiger partial charge is 0.287 e. The van der Waals surface area contributed by atoms with Gasteiger partial charge in [-0.3, -0.25) is 4.79 Å². The second-order valence-electron chi connectivity index (χ2n) is 7.73. The third-order valence-corrected chi connectivity index (χ3v) is 5.44. The van der Waals surface area contributed by atoms with E-state index < -0.39 is 0 Å². The highest BCUT2D eigenvalue weighted by Crippen LogP contribution is 2.22. The number of benzene rings is 2. The summed E-state index contributed by atoms with van der Waals surface area (Å²) >= 11 is 0. The third-order valence-electron chi connectivity index (χ3n) is 5.44. The van der Waals surface area contributed by atoms with Gasteiger partial charge in [0.15, 0.2) is 5.76 Å². The second kappa shape index (κ2) is 9.08. The molecule has 0 spiro atoms. The molecule has 0 radical (unpaired) electrons. The molecule has 0 saturated carbocycles. The normalized spacial score (nSPS) is 12.1. The fraction of sp³-hybridized carbons (Fsp3) is 0.280. The maximum absolute atomic E-state index is 12.4. The van der Waals surface area contributed by atoms with Crippen LogP contribution in [0.25, 0.3) is 11.0 Å². The highest BCUT2D eigenvalue weighted by Gasteiger charge is 2.20. The van der Waals surface area contributed by atoms with E-state index >= 15 is 0 Å². The van der Waals surface area contributed by atoms with Crippen LogP contribution in [-0.4, -0.2) is 22.1 Å². The van der Waals surface area contributed by atoms with Gasteiger partial charge in [0.1, 0.15) is 11.6 Å². The molecule has 1 unspecified atom stereocenters. The number of rotatable bonds is 8. The maximum atomic E-state index is 12.4. The van der Waals surface area contributed by atoms with Gasteiger partial charge in [-0.2, -0.15) is 0 Å². The first-order valence-electron chi connectivity index (χ1n) is 10.5. The zero-order valence-corrected chi connectivity index (χ0v) is 18.1. The molecule has 2 aromatic carbocycles. The van der Waals surface area contributed by atoms with Gasteiger partial charge >= 0.3 is 0 Å². The van der Waals surface area contributed by atoms with Crippen molar-refractivity contribution in [2.75, 3.05) is 6.61 Å². The van der Waals surface area contributed by atoms with E-state index in [0.29, 0.717) is 6.61 Å². The standard InChI is InChI=1S/C25H27N3O3/c1-17-11-12-20(16-18(17)2)30-15-7-13-28-22-9-5-4-8-21(22)27-24(28)19(3)26-25(29)23-10-6-14-31-23/h4-6,8-12,14,16,19H,7,13,15H2,1-3H3,(H,26,29). The first-order chi connectivity index (χ1) is 15.0. The minimum atomic E-state index is -0.273. The molecular weight excluding hydrogens is 390 g/mol. The number of amides is 1. The number of imidazole rings is 1. The number of nitrogens with one attached hydrogen (secondary N) is 1. The Hall–Kier alpha value is -3.54. The molecule has 0 aliphatic rings. The molecule has 4 aromatic rings. The highest BCUT2D eigenvalue weighted by atomic mass is 16.5. The van der Waals surface area contributed by atoms with Crippen molar-refractivity contribution in [3.8, 4) is 5.75 Å². The predicted molar refractivity (Wildman–Crippen MR) is 120 cm³/mol. The molecule has 31 heavy (non-hydrogen) atoms. The molecule has 1 N–H and O–H groups in total. The number of para-hydroxylation sites is 2. The van der Waals surface area contributed by atoms with Crippen molar-refractivity contribution in [3.05, 3.63) is 83.6 Å². The fourth-order valence-electron chi connectivity index (χ4n) is 3.62. The van der Waals surface area contributed by atoms with Crippen LogP contribution < -0.4 is 10.1 Å². The van der Waals surface area contributed by atoms with Gasteiger partial charge in [0.2, 0.25) is 0 Å². The van der Waals surface area contributed by atoms with E-state index in [9.17, 15) is 4.79 Å². The SMILES string of the molecule is Cc1ccc(OCCCn2c(C(C)NC(=O)c3ccco3)nc3ccccc32)cc1C. The summed E-state index contributed by atoms with van der Waals surface area (Å²) in [6, 6.07) is 17.2. The number of aryl methyl sites for hydroxylation is 3. The molecule has 0 bridgehead atoms. The summed E-state index contributed by atoms with van der Waals surface area (Å²) < 4.78 is 13.3. The van der Waals surface area contributed by atoms with Crippen LogP contribution in [0.3, 0.4) is 0 Å². The molecule has 0 fully saturated rings. The lowest BCUT2D eigenvalue weighted by molar-refractivity contribution is 0.0909. The van der Waals surface area contributed by atoms with Crippen LogP contribution in [0.1, 0.15) is 46.9 Å². The van der Waals surface area contributed by atoms with E-state index in [2.05, 4.69) is 41.9 Å². The van der Waals surface area contributed by atoms with Crippen LogP contribution in [-0.2, 0) is 6.54 Å². The summed E-state index contributed by atoms with van der Waals surface area (Å²) in [5.41, 5.74) is 4.43. The predicted octanol–water partition coefficient (Wildman–Crippen LogP) is 5.21. The van der Waals surface area contributed by atoms with Crippen molar-refractivity contribution in [2.24, 2.45) is 0 Å². The molecule has 0 aliphatic heterocycles. The molecule has 2 aromatic heterocycles. The van der Waals surface area contributed by atoms with Gasteiger partial charge in [-0.1, -0.05) is 18.2 Å². The highest BCUT2D eigenvalue weighted by molar-refractivity contribution is 5.91. The topological polar surface area (TPSA) is 69.3 Å². The van der Waals surface area contributed by atoms with Gasteiger partial charge in [0.05, 0.1) is 29.9 Å². The van der Waals surface area contributed by atoms with Gasteiger partial charge < -0.3 is 19.0 Å². The van der Waals surface area contributed by atoms with Crippen LogP contribution >= 0.6 is 0 Å². The van der Waals surface area contributed by atoms with Crippen molar-refractivity contribution < 1.29 is 13.9 Å². The van der Waals surface area contributed by atoms with Gasteiger partial charge in [-0.25, -0.2) is 4.98 Å². The average Bonchev–Trinajstić information content (AvgIpc) is 3.42. The van der Waals surface area contributed by atoms with E-state index in [-0.39, 0.29) is 17.7 Å². The Morgan fingerprint density at radius 3 is 2.74 bits per heavy atom. The molecule has 2 heterocycles. The number of carbonyl (C=O) groups excluding carboxylic acids is 1. The number of nitrogens with zero attached hydrogens (tertiary/aromatic N) is 2. The Kier molecular flexibility index (Phi) is 6.07. The van der Waals surface area contributed by atoms with Crippen molar-refractivity contribution in [1.29, 1.82) is 0 Å². The number of hydrogen-bond acceptors (Lipinski definition) is 4. The van der Waals surface area contributed by atoms with Crippen molar-refractivity contribution in [1.82, 2.24) is 14.9 Å². The Morgan fingerprint density at radius 2 is 1.97 bits per heavy atom. The minimum Gasteiger partial charge on any atom is -0.494 e. The van der Waals surface area contributed by atoms with Crippen LogP contribution in [0.5, 0.6) is 5.75 Å². The van der Waals surface area contributed by atoms with Crippen LogP contribution in [0.4, 0.5) is 0 Å². The molecule has 160 valence electrons. The third kappa shape index (κ3) is 4.63. The van der Waals surface area contributed by atoms with Crippen LogP contribution in [0, 0.1) is 13.8 Å². The molecule has 0 saturated heterocycles. The zero-order chi connectivity index (χ0) is 21.8. The quantitative estimate of drug-likeness (QED) is 0.400. The Balaban J connectivity index is 1.47. The van der Waals surface area contributed by atoms with Crippen LogP contribution in [0.15, 0.2) is 65.3 Å². The zero-order valence-electron chi connectivity index (χ0n) is 18.1. The molecule has 1 atom stereocenters. The largest absolute Gasteiger partial charge is 0.494 e. The lowest BCUT2D eigenvalue weighted by Crippen LogP contribution is -2.28. The second-order valence-corrected chi connectivity index (χ2v) is 7.73. The van der Waals surface area contributed by atoms with Gasteiger partial charge in [0, 0.05) is 6.54 Å². The number of hydrogen-bond donors (Lipinski definition) is 1. The summed E-state index contributed by atoms with van der Waals surface area (Å²) in [5, 5.41) is 2.98. The Bertz CT molecular complexity index is 1180. The lowest BCUT2D eigenvalue weighted by Gasteiger charge is -2.16. The Morgan fingerprint density at radius 1 is 1.13 bits per heavy atom. The summed E-state index contributed by atoms with van der Waals surface area (Å²) in [6.45, 7) is 7.45. The summed E-state index contributed by atoms with van der Waals surface area (Å²) in [6.07, 6.45) is 2.31. The first-order valence-corrected chi connectivity index (χ1v) is 10.5. The molecule has 4 rings (SSSR count). The van der Waals surface area contributed by atoms with Crippen molar-refractivity contribution >= 4 is 16.9 Å². The van der Waals surface area contributed by atoms with Gasteiger partial charge in [0.25, 0.3) is 5.91 Å². The van der Waals surface area contributed by atoms with Gasteiger partial charge in [-0.15, -0.1) is 0 Å². The van der Waals surface area contributed by atoms with E-state index in [4.69, 9.17) is 14.1 Å². The number of aromatic nitrogens is 2. The van der Waals surface area contributed by atoms with E-state index in [1.54, 1.807) is 12.1 Å². The average molecular weight is 418 g/mol. The Labute approximate surface area is 181 Å². The molecule has 1 amide bonds. The summed E-state index contributed by atoms with van der Waals surface area (Å²) in [4.78, 5) is 17.2. The van der Waals surface area contributed by atoms with Crippen LogP contribution in [0.2, 0.25) is 0 Å². The molecule has 6 nitrogen and oxygen atoms in total. The number of carbonyl (C=O) groups is 1. The minimum absolute atomic E-state index is 0.255. The fourth-order valence-corrected chi connectivity index (χ4v) is 3.62. The lowest BCUT2D eigenvalue weighted by atomic mass is 10.1. The summed E-state index contributed by atoms with van der Waals surface area (Å²) in [7, 11) is 0. The molecule has 0 aliphatic carbocycles. The maximum Gasteiger partial charge on any atom is 0.287 e. The first kappa shape index (κ1) is 20.7. The van der Waals surface area contributed by atoms with Crippen molar-refractivity contribution in [2.45, 2.75) is 39.8 Å². The van der Waals surface area contributed by atoms with Crippen molar-refractivity contribution in [3.63, 3.8) is 0 Å². The molecular formula is C25H27N3O3. The monoisotopic (exact) mass is 417 g/mol. The number of furan rings is 1. The molecule has 6 heteroatoms. The number of fused-ring (bicyclic) bond motifs is 1. The summed E-state index contributed by atoms with van der Waals surface area (Å²) in [5.74, 6) is 1.73. The van der Waals surface area contributed by atoms with E-state index in [0.717, 1.165) is 35.6 Å². The number of ether oxygens (including phenoxy) is 1. The van der Waals surface area contributed by atoms with Gasteiger partial charge in [-0.05, 0) is 74.7 Å². The van der Waals surface area contributed by atoms with E-state index in [1.807, 2.05) is 31.2 Å².